The highest BCUT2D eigenvalue weighted by molar-refractivity contribution is 6.46. The third-order valence-corrected chi connectivity index (χ3v) is 6.88. The molecule has 1 amide bonds. The fourth-order valence-corrected chi connectivity index (χ4v) is 4.70. The van der Waals surface area contributed by atoms with Crippen molar-refractivity contribution in [3.63, 3.8) is 0 Å². The van der Waals surface area contributed by atoms with Crippen LogP contribution in [0.1, 0.15) is 42.5 Å². The van der Waals surface area contributed by atoms with Crippen LogP contribution in [0.2, 0.25) is 0 Å². The fraction of sp³-hybridized carbons (Fsp3) is 0.448. The number of hydrogen-bond donors (Lipinski definition) is 1. The van der Waals surface area contributed by atoms with Crippen molar-refractivity contribution in [2.75, 3.05) is 53.1 Å². The van der Waals surface area contributed by atoms with E-state index in [1.807, 2.05) is 25.1 Å². The van der Waals surface area contributed by atoms with E-state index < -0.39 is 17.7 Å². The summed E-state index contributed by atoms with van der Waals surface area (Å²) in [5.41, 5.74) is 2.28. The number of amides is 1. The van der Waals surface area contributed by atoms with Gasteiger partial charge in [0.15, 0.2) is 11.5 Å². The number of rotatable bonds is 10. The average molecular weight is 509 g/mol. The lowest BCUT2D eigenvalue weighted by Crippen LogP contribution is -2.42. The summed E-state index contributed by atoms with van der Waals surface area (Å²) >= 11 is 0. The fourth-order valence-electron chi connectivity index (χ4n) is 4.70. The summed E-state index contributed by atoms with van der Waals surface area (Å²) in [6, 6.07) is 11.9. The number of unbranched alkanes of at least 4 members (excludes halogenated alkanes) is 1. The molecule has 198 valence electrons. The number of likely N-dealkylation sites (tertiary alicyclic amines) is 1. The number of hydrogen-bond acceptors (Lipinski definition) is 7. The van der Waals surface area contributed by atoms with Crippen LogP contribution in [0, 0.1) is 6.92 Å². The second-order valence-corrected chi connectivity index (χ2v) is 9.42. The highest BCUT2D eigenvalue weighted by Crippen LogP contribution is 2.42. The molecule has 2 fully saturated rings. The van der Waals surface area contributed by atoms with Gasteiger partial charge in [0, 0.05) is 31.7 Å². The van der Waals surface area contributed by atoms with Crippen molar-refractivity contribution in [1.29, 1.82) is 0 Å². The Hall–Kier alpha value is -3.36. The maximum Gasteiger partial charge on any atom is 0.295 e. The van der Waals surface area contributed by atoms with Crippen LogP contribution in [0.3, 0.4) is 0 Å². The predicted octanol–water partition coefficient (Wildman–Crippen LogP) is 3.94. The molecule has 0 bridgehead atoms. The van der Waals surface area contributed by atoms with E-state index in [0.717, 1.165) is 31.5 Å². The average Bonchev–Trinajstić information content (AvgIpc) is 3.17. The van der Waals surface area contributed by atoms with Crippen LogP contribution in [0.25, 0.3) is 5.76 Å². The van der Waals surface area contributed by atoms with Crippen LogP contribution in [0.4, 0.5) is 0 Å². The Balaban J connectivity index is 1.73. The molecule has 2 aliphatic rings. The molecule has 0 spiro atoms. The number of aliphatic hydroxyl groups excluding tert-OH is 1. The first-order valence-corrected chi connectivity index (χ1v) is 12.9. The SMILES string of the molecule is CCCCOc1ccc(C2C(=C(O)c3ccc(C)cc3)C(=O)C(=O)N2CCN2CCOCC2)cc1OC. The van der Waals surface area contributed by atoms with Crippen LogP contribution in [0.5, 0.6) is 11.5 Å². The predicted molar refractivity (Wildman–Crippen MR) is 141 cm³/mol. The molecule has 8 nitrogen and oxygen atoms in total. The molecule has 2 aliphatic heterocycles. The first-order valence-electron chi connectivity index (χ1n) is 12.9. The van der Waals surface area contributed by atoms with E-state index in [1.165, 1.54) is 0 Å². The zero-order valence-electron chi connectivity index (χ0n) is 21.9. The second kappa shape index (κ2) is 12.3. The van der Waals surface area contributed by atoms with Gasteiger partial charge in [-0.05, 0) is 31.0 Å². The number of ketones is 1. The first kappa shape index (κ1) is 26.7. The molecule has 37 heavy (non-hydrogen) atoms. The molecule has 0 aliphatic carbocycles. The number of aryl methyl sites for hydroxylation is 1. The molecule has 4 rings (SSSR count). The van der Waals surface area contributed by atoms with Crippen LogP contribution in [0.15, 0.2) is 48.0 Å². The number of carbonyl (C=O) groups excluding carboxylic acids is 2. The molecule has 0 saturated carbocycles. The summed E-state index contributed by atoms with van der Waals surface area (Å²) in [4.78, 5) is 30.4. The summed E-state index contributed by atoms with van der Waals surface area (Å²) in [5.74, 6) is -0.368. The number of methoxy groups -OCH3 is 1. The Morgan fingerprint density at radius 3 is 2.46 bits per heavy atom. The Labute approximate surface area is 218 Å². The minimum absolute atomic E-state index is 0.0811. The van der Waals surface area contributed by atoms with Crippen LogP contribution < -0.4 is 9.47 Å². The number of ether oxygens (including phenoxy) is 3. The van der Waals surface area contributed by atoms with Crippen molar-refractivity contribution < 1.29 is 28.9 Å². The number of nitrogens with zero attached hydrogens (tertiary/aromatic N) is 2. The van der Waals surface area contributed by atoms with Gasteiger partial charge in [-0.25, -0.2) is 0 Å². The highest BCUT2D eigenvalue weighted by Gasteiger charge is 2.46. The molecule has 1 N–H and O–H groups in total. The maximum atomic E-state index is 13.3. The lowest BCUT2D eigenvalue weighted by Gasteiger charge is -2.31. The van der Waals surface area contributed by atoms with Gasteiger partial charge in [0.2, 0.25) is 0 Å². The molecule has 2 heterocycles. The van der Waals surface area contributed by atoms with E-state index in [0.29, 0.717) is 55.5 Å². The minimum atomic E-state index is -0.749. The zero-order valence-corrected chi connectivity index (χ0v) is 21.9. The van der Waals surface area contributed by atoms with Gasteiger partial charge in [0.1, 0.15) is 5.76 Å². The van der Waals surface area contributed by atoms with E-state index in [4.69, 9.17) is 14.2 Å². The van der Waals surface area contributed by atoms with Gasteiger partial charge in [-0.15, -0.1) is 0 Å². The van der Waals surface area contributed by atoms with Gasteiger partial charge < -0.3 is 24.2 Å². The molecular formula is C29H36N2O6. The largest absolute Gasteiger partial charge is 0.507 e. The highest BCUT2D eigenvalue weighted by atomic mass is 16.5. The molecule has 8 heteroatoms. The van der Waals surface area contributed by atoms with Gasteiger partial charge in [0.05, 0.1) is 38.5 Å². The summed E-state index contributed by atoms with van der Waals surface area (Å²) in [6.07, 6.45) is 1.93. The quantitative estimate of drug-likeness (QED) is 0.225. The summed E-state index contributed by atoms with van der Waals surface area (Å²) < 4.78 is 16.9. The van der Waals surface area contributed by atoms with Crippen molar-refractivity contribution >= 4 is 17.4 Å². The molecule has 2 aromatic rings. The molecule has 1 unspecified atom stereocenters. The monoisotopic (exact) mass is 508 g/mol. The van der Waals surface area contributed by atoms with Gasteiger partial charge in [-0.1, -0.05) is 49.2 Å². The van der Waals surface area contributed by atoms with Gasteiger partial charge in [-0.3, -0.25) is 14.5 Å². The number of aliphatic hydroxyl groups is 1. The zero-order chi connectivity index (χ0) is 26.4. The third-order valence-electron chi connectivity index (χ3n) is 6.88. The van der Waals surface area contributed by atoms with Crippen LogP contribution in [-0.2, 0) is 14.3 Å². The number of Topliss-reactive ketones (excluding diaryl/α,β-unsaturated/α-hetero) is 1. The number of morpholine rings is 1. The molecule has 2 saturated heterocycles. The summed E-state index contributed by atoms with van der Waals surface area (Å²) in [6.45, 7) is 8.40. The normalized spacial score (nSPS) is 19.9. The smallest absolute Gasteiger partial charge is 0.295 e. The number of benzene rings is 2. The van der Waals surface area contributed by atoms with E-state index in [2.05, 4.69) is 11.8 Å². The minimum Gasteiger partial charge on any atom is -0.507 e. The topological polar surface area (TPSA) is 88.5 Å². The molecule has 2 aromatic carbocycles. The van der Waals surface area contributed by atoms with Gasteiger partial charge >= 0.3 is 0 Å². The summed E-state index contributed by atoms with van der Waals surface area (Å²) in [5, 5.41) is 11.3. The van der Waals surface area contributed by atoms with Crippen molar-refractivity contribution in [2.45, 2.75) is 32.7 Å². The van der Waals surface area contributed by atoms with Crippen LogP contribution in [-0.4, -0.2) is 79.7 Å². The Morgan fingerprint density at radius 1 is 1.05 bits per heavy atom. The molecule has 0 aromatic heterocycles. The van der Waals surface area contributed by atoms with Crippen molar-refractivity contribution in [1.82, 2.24) is 9.80 Å². The first-order chi connectivity index (χ1) is 17.9. The standard InChI is InChI=1S/C29H36N2O6/c1-4-5-16-37-23-11-10-22(19-24(23)35-3)26-25(27(32)21-8-6-20(2)7-9-21)28(33)29(34)31(26)13-12-30-14-17-36-18-15-30/h6-11,19,26,32H,4-5,12-18H2,1-3H3. The Morgan fingerprint density at radius 2 is 1.78 bits per heavy atom. The van der Waals surface area contributed by atoms with E-state index in [1.54, 1.807) is 36.3 Å². The molecule has 0 radical (unpaired) electrons. The van der Waals surface area contributed by atoms with Crippen molar-refractivity contribution in [3.8, 4) is 11.5 Å². The number of carbonyl (C=O) groups is 2. The van der Waals surface area contributed by atoms with Crippen molar-refractivity contribution in [3.05, 3.63) is 64.7 Å². The van der Waals surface area contributed by atoms with Gasteiger partial charge in [-0.2, -0.15) is 0 Å². The Kier molecular flexibility index (Phi) is 8.84. The second-order valence-electron chi connectivity index (χ2n) is 9.42. The van der Waals surface area contributed by atoms with E-state index in [-0.39, 0.29) is 11.3 Å². The lowest BCUT2D eigenvalue weighted by molar-refractivity contribution is -0.140. The lowest BCUT2D eigenvalue weighted by atomic mass is 9.94. The molecule has 1 atom stereocenters. The van der Waals surface area contributed by atoms with Gasteiger partial charge in [0.25, 0.3) is 11.7 Å². The Bertz CT molecular complexity index is 1140. The summed E-state index contributed by atoms with van der Waals surface area (Å²) in [7, 11) is 1.56. The van der Waals surface area contributed by atoms with Crippen molar-refractivity contribution in [2.24, 2.45) is 0 Å². The maximum absolute atomic E-state index is 13.3. The third kappa shape index (κ3) is 5.97. The molecular weight excluding hydrogens is 472 g/mol. The van der Waals surface area contributed by atoms with Crippen LogP contribution >= 0.6 is 0 Å². The van der Waals surface area contributed by atoms with E-state index >= 15 is 0 Å². The van der Waals surface area contributed by atoms with E-state index in [9.17, 15) is 14.7 Å².